The number of hydrogen-bond acceptors (Lipinski definition) is 3. The Morgan fingerprint density at radius 2 is 1.91 bits per heavy atom. The summed E-state index contributed by atoms with van der Waals surface area (Å²) in [4.78, 5) is 8.76. The average Bonchev–Trinajstić information content (AvgIpc) is 3.29. The van der Waals surface area contributed by atoms with E-state index in [0.717, 1.165) is 24.7 Å². The van der Waals surface area contributed by atoms with Crippen LogP contribution in [0.15, 0.2) is 11.8 Å². The van der Waals surface area contributed by atoms with Gasteiger partial charge in [0.25, 0.3) is 0 Å². The summed E-state index contributed by atoms with van der Waals surface area (Å²) in [7, 11) is 0. The Bertz CT molecular complexity index is 415. The van der Waals surface area contributed by atoms with Gasteiger partial charge in [0, 0.05) is 31.2 Å². The largest absolute Gasteiger partial charge is 0.303 e. The molecule has 3 fully saturated rings. The van der Waals surface area contributed by atoms with E-state index in [0.29, 0.717) is 5.92 Å². The molecule has 1 unspecified atom stereocenters. The molecule has 0 amide bonds. The van der Waals surface area contributed by atoms with Crippen molar-refractivity contribution < 1.29 is 4.84 Å². The van der Waals surface area contributed by atoms with Crippen LogP contribution in [0, 0.1) is 17.8 Å². The Kier molecular flexibility index (Phi) is 4.21. The molecule has 22 heavy (non-hydrogen) atoms. The van der Waals surface area contributed by atoms with Gasteiger partial charge in [-0.2, -0.15) is 0 Å². The van der Waals surface area contributed by atoms with Crippen LogP contribution in [0.3, 0.4) is 0 Å². The third-order valence-electron chi connectivity index (χ3n) is 6.55. The first kappa shape index (κ1) is 15.0. The van der Waals surface area contributed by atoms with Crippen LogP contribution >= 0.6 is 0 Å². The Morgan fingerprint density at radius 1 is 1.18 bits per heavy atom. The summed E-state index contributed by atoms with van der Waals surface area (Å²) in [6.45, 7) is 6.15. The van der Waals surface area contributed by atoms with Crippen LogP contribution in [0.1, 0.15) is 64.7 Å². The maximum absolute atomic E-state index is 6.11. The van der Waals surface area contributed by atoms with Crippen molar-refractivity contribution in [1.82, 2.24) is 10.4 Å². The molecule has 124 valence electrons. The van der Waals surface area contributed by atoms with Gasteiger partial charge in [-0.3, -0.25) is 10.3 Å². The second kappa shape index (κ2) is 6.16. The Balaban J connectivity index is 1.34. The van der Waals surface area contributed by atoms with Crippen molar-refractivity contribution in [2.24, 2.45) is 17.8 Å². The highest BCUT2D eigenvalue weighted by molar-refractivity contribution is 5.18. The van der Waals surface area contributed by atoms with E-state index in [1.807, 2.05) is 0 Å². The zero-order valence-electron chi connectivity index (χ0n) is 14.2. The predicted octanol–water partition coefficient (Wildman–Crippen LogP) is 3.87. The molecule has 4 rings (SSSR count). The van der Waals surface area contributed by atoms with Crippen molar-refractivity contribution in [2.75, 3.05) is 19.6 Å². The molecule has 3 heteroatoms. The molecule has 1 saturated heterocycles. The van der Waals surface area contributed by atoms with Crippen LogP contribution in [0.2, 0.25) is 0 Å². The fourth-order valence-electron chi connectivity index (χ4n) is 4.64. The SMILES string of the molecule is CC(C1=CC2(CCN(CC3CC3)CC2)ON1)C1CCCCC1. The van der Waals surface area contributed by atoms with Gasteiger partial charge in [0.2, 0.25) is 0 Å². The molecular weight excluding hydrogens is 272 g/mol. The quantitative estimate of drug-likeness (QED) is 0.853. The molecule has 2 aliphatic heterocycles. The van der Waals surface area contributed by atoms with Crippen molar-refractivity contribution in [1.29, 1.82) is 0 Å². The molecule has 0 aromatic heterocycles. The smallest absolute Gasteiger partial charge is 0.118 e. The van der Waals surface area contributed by atoms with Gasteiger partial charge in [0.05, 0.1) is 0 Å². The number of allylic oxidation sites excluding steroid dienone is 1. The van der Waals surface area contributed by atoms with Crippen LogP contribution in [0.25, 0.3) is 0 Å². The number of likely N-dealkylation sites (tertiary alicyclic amines) is 1. The highest BCUT2D eigenvalue weighted by Gasteiger charge is 2.41. The predicted molar refractivity (Wildman–Crippen MR) is 89.2 cm³/mol. The lowest BCUT2D eigenvalue weighted by Gasteiger charge is -2.36. The molecule has 0 aromatic carbocycles. The lowest BCUT2D eigenvalue weighted by molar-refractivity contribution is -0.0761. The van der Waals surface area contributed by atoms with Crippen molar-refractivity contribution in [2.45, 2.75) is 70.3 Å². The van der Waals surface area contributed by atoms with E-state index < -0.39 is 0 Å². The highest BCUT2D eigenvalue weighted by Crippen LogP contribution is 2.39. The van der Waals surface area contributed by atoms with Crippen LogP contribution < -0.4 is 5.48 Å². The average molecular weight is 304 g/mol. The number of piperidine rings is 1. The standard InChI is InChI=1S/C19H32N2O/c1-15(17-5-3-2-4-6-17)18-13-19(22-20-18)9-11-21(12-10-19)14-16-7-8-16/h13,15-17,20H,2-12,14H2,1H3. The molecule has 1 N–H and O–H groups in total. The van der Waals surface area contributed by atoms with E-state index in [4.69, 9.17) is 4.84 Å². The van der Waals surface area contributed by atoms with Gasteiger partial charge in [-0.15, -0.1) is 0 Å². The number of hydroxylamine groups is 1. The molecule has 2 heterocycles. The summed E-state index contributed by atoms with van der Waals surface area (Å²) in [6, 6.07) is 0. The zero-order chi connectivity index (χ0) is 15.0. The molecule has 4 aliphatic rings. The number of hydrogen-bond donors (Lipinski definition) is 1. The maximum Gasteiger partial charge on any atom is 0.118 e. The lowest BCUT2D eigenvalue weighted by Crippen LogP contribution is -2.45. The fourth-order valence-corrected chi connectivity index (χ4v) is 4.64. The van der Waals surface area contributed by atoms with Gasteiger partial charge in [0.1, 0.15) is 5.60 Å². The number of nitrogens with one attached hydrogen (secondary N) is 1. The number of nitrogens with zero attached hydrogens (tertiary/aromatic N) is 1. The van der Waals surface area contributed by atoms with E-state index in [1.54, 1.807) is 0 Å². The first-order chi connectivity index (χ1) is 10.7. The summed E-state index contributed by atoms with van der Waals surface area (Å²) < 4.78 is 0. The summed E-state index contributed by atoms with van der Waals surface area (Å²) in [6.07, 6.45) is 14.8. The topological polar surface area (TPSA) is 24.5 Å². The molecule has 1 spiro atoms. The molecule has 2 aliphatic carbocycles. The minimum absolute atomic E-state index is 0.00168. The van der Waals surface area contributed by atoms with Gasteiger partial charge < -0.3 is 4.90 Å². The summed E-state index contributed by atoms with van der Waals surface area (Å²) >= 11 is 0. The molecule has 1 atom stereocenters. The third-order valence-corrected chi connectivity index (χ3v) is 6.55. The molecule has 0 bridgehead atoms. The monoisotopic (exact) mass is 304 g/mol. The summed E-state index contributed by atoms with van der Waals surface area (Å²) in [5.41, 5.74) is 4.70. The van der Waals surface area contributed by atoms with Crippen LogP contribution in [-0.2, 0) is 4.84 Å². The van der Waals surface area contributed by atoms with Gasteiger partial charge in [-0.1, -0.05) is 26.2 Å². The van der Waals surface area contributed by atoms with Gasteiger partial charge in [-0.05, 0) is 56.4 Å². The van der Waals surface area contributed by atoms with Crippen molar-refractivity contribution in [3.8, 4) is 0 Å². The second-order valence-corrected chi connectivity index (χ2v) is 8.30. The van der Waals surface area contributed by atoms with E-state index in [1.165, 1.54) is 70.3 Å². The lowest BCUT2D eigenvalue weighted by atomic mass is 9.78. The van der Waals surface area contributed by atoms with Gasteiger partial charge in [0.15, 0.2) is 0 Å². The first-order valence-corrected chi connectivity index (χ1v) is 9.63. The van der Waals surface area contributed by atoms with E-state index in [9.17, 15) is 0 Å². The van der Waals surface area contributed by atoms with Crippen molar-refractivity contribution >= 4 is 0 Å². The fraction of sp³-hybridized carbons (Fsp3) is 0.895. The summed E-state index contributed by atoms with van der Waals surface area (Å²) in [5.74, 6) is 2.51. The molecular formula is C19H32N2O. The third kappa shape index (κ3) is 3.21. The van der Waals surface area contributed by atoms with E-state index in [2.05, 4.69) is 23.4 Å². The van der Waals surface area contributed by atoms with Crippen LogP contribution in [0.5, 0.6) is 0 Å². The minimum atomic E-state index is -0.00168. The second-order valence-electron chi connectivity index (χ2n) is 8.30. The van der Waals surface area contributed by atoms with E-state index >= 15 is 0 Å². The zero-order valence-corrected chi connectivity index (χ0v) is 14.2. The molecule has 0 aromatic rings. The van der Waals surface area contributed by atoms with E-state index in [-0.39, 0.29) is 5.60 Å². The minimum Gasteiger partial charge on any atom is -0.303 e. The Labute approximate surface area is 135 Å². The summed E-state index contributed by atoms with van der Waals surface area (Å²) in [5, 5.41) is 0. The first-order valence-electron chi connectivity index (χ1n) is 9.63. The molecule has 2 saturated carbocycles. The van der Waals surface area contributed by atoms with Crippen molar-refractivity contribution in [3.05, 3.63) is 11.8 Å². The van der Waals surface area contributed by atoms with Crippen LogP contribution in [0.4, 0.5) is 0 Å². The van der Waals surface area contributed by atoms with Crippen molar-refractivity contribution in [3.63, 3.8) is 0 Å². The molecule has 0 radical (unpaired) electrons. The normalized spacial score (nSPS) is 31.0. The van der Waals surface area contributed by atoms with Gasteiger partial charge >= 0.3 is 0 Å². The maximum atomic E-state index is 6.11. The van der Waals surface area contributed by atoms with Gasteiger partial charge in [-0.25, -0.2) is 0 Å². The van der Waals surface area contributed by atoms with Crippen LogP contribution in [-0.4, -0.2) is 30.1 Å². The Morgan fingerprint density at radius 3 is 2.59 bits per heavy atom. The molecule has 3 nitrogen and oxygen atoms in total. The Hall–Kier alpha value is -0.540. The highest BCUT2D eigenvalue weighted by atomic mass is 16.7. The number of rotatable bonds is 4.